The first-order valence-electron chi connectivity index (χ1n) is 11.8. The number of ether oxygens (including phenoxy) is 2. The summed E-state index contributed by atoms with van der Waals surface area (Å²) >= 11 is 1.47. The summed E-state index contributed by atoms with van der Waals surface area (Å²) in [5.41, 5.74) is 4.25. The number of para-hydroxylation sites is 1. The molecular weight excluding hydrogens is 444 g/mol. The van der Waals surface area contributed by atoms with Gasteiger partial charge in [0.2, 0.25) is 0 Å². The van der Waals surface area contributed by atoms with E-state index in [1.165, 1.54) is 17.8 Å². The molecule has 3 heterocycles. The molecule has 4 aromatic rings. The SMILES string of the molecule is CCOc1cc(Oc2nccs2)ccc1-c1cc2ccccc2nc1CN1CCCN(C)CC1. The van der Waals surface area contributed by atoms with Gasteiger partial charge in [-0.25, -0.2) is 4.98 Å². The molecule has 7 heteroatoms. The monoisotopic (exact) mass is 474 g/mol. The Morgan fingerprint density at radius 2 is 1.91 bits per heavy atom. The zero-order chi connectivity index (χ0) is 23.3. The number of pyridine rings is 1. The molecule has 0 amide bonds. The molecule has 0 saturated carbocycles. The van der Waals surface area contributed by atoms with Crippen LogP contribution in [0, 0.1) is 0 Å². The van der Waals surface area contributed by atoms with E-state index in [4.69, 9.17) is 14.5 Å². The quantitative estimate of drug-likeness (QED) is 0.343. The number of aromatic nitrogens is 2. The predicted molar refractivity (Wildman–Crippen MR) is 138 cm³/mol. The Morgan fingerprint density at radius 3 is 2.76 bits per heavy atom. The van der Waals surface area contributed by atoms with Crippen molar-refractivity contribution in [3.05, 3.63) is 65.8 Å². The number of rotatable bonds is 7. The van der Waals surface area contributed by atoms with Gasteiger partial charge in [0.05, 0.1) is 17.8 Å². The second kappa shape index (κ2) is 10.5. The van der Waals surface area contributed by atoms with Gasteiger partial charge in [-0.1, -0.05) is 29.5 Å². The Hall–Kier alpha value is -3.00. The minimum absolute atomic E-state index is 0.572. The van der Waals surface area contributed by atoms with Gasteiger partial charge in [0, 0.05) is 53.8 Å². The van der Waals surface area contributed by atoms with Crippen LogP contribution in [-0.4, -0.2) is 59.6 Å². The minimum atomic E-state index is 0.572. The van der Waals surface area contributed by atoms with Gasteiger partial charge in [-0.15, -0.1) is 0 Å². The van der Waals surface area contributed by atoms with Gasteiger partial charge in [0.1, 0.15) is 11.5 Å². The molecule has 0 spiro atoms. The lowest BCUT2D eigenvalue weighted by Crippen LogP contribution is -2.29. The van der Waals surface area contributed by atoms with E-state index < -0.39 is 0 Å². The maximum Gasteiger partial charge on any atom is 0.278 e. The molecule has 1 fully saturated rings. The summed E-state index contributed by atoms with van der Waals surface area (Å²) in [6, 6.07) is 16.6. The van der Waals surface area contributed by atoms with Crippen LogP contribution in [0.1, 0.15) is 19.0 Å². The number of fused-ring (bicyclic) bond motifs is 1. The van der Waals surface area contributed by atoms with Crippen molar-refractivity contribution in [3.8, 4) is 27.8 Å². The Bertz CT molecular complexity index is 1240. The molecule has 176 valence electrons. The molecule has 0 unspecified atom stereocenters. The summed E-state index contributed by atoms with van der Waals surface area (Å²) in [5.74, 6) is 1.51. The summed E-state index contributed by atoms with van der Waals surface area (Å²) in [6.45, 7) is 7.74. The van der Waals surface area contributed by atoms with Crippen LogP contribution in [0.3, 0.4) is 0 Å². The number of thiazole rings is 1. The van der Waals surface area contributed by atoms with E-state index in [9.17, 15) is 0 Å². The zero-order valence-electron chi connectivity index (χ0n) is 19.7. The molecule has 2 aromatic carbocycles. The molecule has 0 aliphatic carbocycles. The summed E-state index contributed by atoms with van der Waals surface area (Å²) in [4.78, 5) is 14.3. The fraction of sp³-hybridized carbons (Fsp3) is 0.333. The van der Waals surface area contributed by atoms with E-state index in [1.54, 1.807) is 6.20 Å². The Balaban J connectivity index is 1.55. The van der Waals surface area contributed by atoms with Crippen LogP contribution in [0.25, 0.3) is 22.0 Å². The lowest BCUT2D eigenvalue weighted by molar-refractivity contribution is 0.267. The van der Waals surface area contributed by atoms with Crippen LogP contribution < -0.4 is 9.47 Å². The van der Waals surface area contributed by atoms with Crippen molar-refractivity contribution in [1.29, 1.82) is 0 Å². The van der Waals surface area contributed by atoms with Crippen molar-refractivity contribution in [2.45, 2.75) is 19.9 Å². The maximum atomic E-state index is 6.10. The zero-order valence-corrected chi connectivity index (χ0v) is 20.6. The Kier molecular flexibility index (Phi) is 7.04. The number of likely N-dealkylation sites (N-methyl/N-ethyl adjacent to an activating group) is 1. The maximum absolute atomic E-state index is 6.10. The first kappa shape index (κ1) is 22.8. The van der Waals surface area contributed by atoms with E-state index in [2.05, 4.69) is 58.2 Å². The Labute approximate surface area is 204 Å². The molecule has 0 atom stereocenters. The summed E-state index contributed by atoms with van der Waals surface area (Å²) in [5, 5.41) is 3.65. The third kappa shape index (κ3) is 5.22. The van der Waals surface area contributed by atoms with Gasteiger partial charge in [0.25, 0.3) is 5.19 Å². The van der Waals surface area contributed by atoms with Gasteiger partial charge in [-0.05, 0) is 57.7 Å². The third-order valence-corrected chi connectivity index (χ3v) is 6.79. The lowest BCUT2D eigenvalue weighted by Gasteiger charge is -2.22. The van der Waals surface area contributed by atoms with E-state index >= 15 is 0 Å². The van der Waals surface area contributed by atoms with E-state index in [1.807, 2.05) is 24.4 Å². The van der Waals surface area contributed by atoms with Crippen molar-refractivity contribution >= 4 is 22.2 Å². The molecule has 34 heavy (non-hydrogen) atoms. The second-order valence-corrected chi connectivity index (χ2v) is 9.46. The van der Waals surface area contributed by atoms with Gasteiger partial charge in [-0.2, -0.15) is 0 Å². The fourth-order valence-corrected chi connectivity index (χ4v) is 4.91. The lowest BCUT2D eigenvalue weighted by atomic mass is 9.99. The van der Waals surface area contributed by atoms with Crippen LogP contribution in [-0.2, 0) is 6.54 Å². The van der Waals surface area contributed by atoms with Crippen molar-refractivity contribution in [3.63, 3.8) is 0 Å². The smallest absolute Gasteiger partial charge is 0.278 e. The molecule has 0 bridgehead atoms. The highest BCUT2D eigenvalue weighted by molar-refractivity contribution is 7.11. The Morgan fingerprint density at radius 1 is 1.00 bits per heavy atom. The first-order chi connectivity index (χ1) is 16.7. The van der Waals surface area contributed by atoms with E-state index in [0.717, 1.165) is 66.2 Å². The number of hydrogen-bond donors (Lipinski definition) is 0. The largest absolute Gasteiger partial charge is 0.493 e. The van der Waals surface area contributed by atoms with Crippen molar-refractivity contribution in [1.82, 2.24) is 19.8 Å². The average Bonchev–Trinajstić information content (AvgIpc) is 3.27. The number of hydrogen-bond acceptors (Lipinski definition) is 7. The highest BCUT2D eigenvalue weighted by Gasteiger charge is 2.19. The van der Waals surface area contributed by atoms with Crippen molar-refractivity contribution in [2.24, 2.45) is 0 Å². The molecule has 2 aromatic heterocycles. The standard InChI is InChI=1S/C27H30N4O2S/c1-3-32-26-18-21(33-27-28-11-16-34-27)9-10-22(26)23-17-20-7-4-5-8-24(20)29-25(23)19-31-13-6-12-30(2)14-15-31/h4-5,7-11,16-18H,3,6,12-15,19H2,1-2H3. The predicted octanol–water partition coefficient (Wildman–Crippen LogP) is 5.69. The first-order valence-corrected chi connectivity index (χ1v) is 12.7. The third-order valence-electron chi connectivity index (χ3n) is 6.15. The van der Waals surface area contributed by atoms with Crippen LogP contribution in [0.4, 0.5) is 0 Å². The molecule has 5 rings (SSSR count). The molecule has 6 nitrogen and oxygen atoms in total. The van der Waals surface area contributed by atoms with Gasteiger partial charge in [0.15, 0.2) is 0 Å². The van der Waals surface area contributed by atoms with Crippen LogP contribution in [0.2, 0.25) is 0 Å². The number of benzene rings is 2. The van der Waals surface area contributed by atoms with Gasteiger partial charge in [-0.3, -0.25) is 9.88 Å². The van der Waals surface area contributed by atoms with Crippen LogP contribution >= 0.6 is 11.3 Å². The topological polar surface area (TPSA) is 50.7 Å². The fourth-order valence-electron chi connectivity index (χ4n) is 4.40. The normalized spacial score (nSPS) is 15.4. The van der Waals surface area contributed by atoms with Gasteiger partial charge >= 0.3 is 0 Å². The van der Waals surface area contributed by atoms with Crippen LogP contribution in [0.5, 0.6) is 16.7 Å². The molecule has 0 N–H and O–H groups in total. The minimum Gasteiger partial charge on any atom is -0.493 e. The van der Waals surface area contributed by atoms with Crippen LogP contribution in [0.15, 0.2) is 60.1 Å². The van der Waals surface area contributed by atoms with Gasteiger partial charge < -0.3 is 14.4 Å². The van der Waals surface area contributed by atoms with Crippen molar-refractivity contribution in [2.75, 3.05) is 39.8 Å². The summed E-state index contributed by atoms with van der Waals surface area (Å²) < 4.78 is 12.0. The number of nitrogens with zero attached hydrogens (tertiary/aromatic N) is 4. The summed E-state index contributed by atoms with van der Waals surface area (Å²) in [7, 11) is 2.20. The molecule has 1 aliphatic rings. The molecule has 1 saturated heterocycles. The average molecular weight is 475 g/mol. The highest BCUT2D eigenvalue weighted by Crippen LogP contribution is 2.38. The molecule has 1 aliphatic heterocycles. The second-order valence-electron chi connectivity index (χ2n) is 8.60. The highest BCUT2D eigenvalue weighted by atomic mass is 32.1. The van der Waals surface area contributed by atoms with Crippen molar-refractivity contribution < 1.29 is 9.47 Å². The molecular formula is C27H30N4O2S. The summed E-state index contributed by atoms with van der Waals surface area (Å²) in [6.07, 6.45) is 2.91. The van der Waals surface area contributed by atoms with E-state index in [0.29, 0.717) is 17.6 Å². The molecule has 0 radical (unpaired) electrons. The van der Waals surface area contributed by atoms with E-state index in [-0.39, 0.29) is 0 Å².